The highest BCUT2D eigenvalue weighted by Crippen LogP contribution is 2.32. The molecule has 2 N–H and O–H groups in total. The first kappa shape index (κ1) is 13.7. The lowest BCUT2D eigenvalue weighted by atomic mass is 10.3. The van der Waals surface area contributed by atoms with Gasteiger partial charge in [-0.3, -0.25) is 0 Å². The fourth-order valence-corrected chi connectivity index (χ4v) is 1.71. The highest BCUT2D eigenvalue weighted by atomic mass is 79.9. The third-order valence-electron chi connectivity index (χ3n) is 2.25. The molecule has 100 valence electrons. The number of ether oxygens (including phenoxy) is 1. The molecular formula is C12H8BrF3N2O. The number of nitrogens with zero attached hydrogens (tertiary/aromatic N) is 1. The van der Waals surface area contributed by atoms with Gasteiger partial charge in [0.2, 0.25) is 5.88 Å². The van der Waals surface area contributed by atoms with Crippen molar-refractivity contribution in [2.75, 3.05) is 5.73 Å². The van der Waals surface area contributed by atoms with E-state index in [-0.39, 0.29) is 5.88 Å². The number of rotatable bonds is 2. The molecule has 0 unspecified atom stereocenters. The number of hydrogen-bond donors (Lipinski definition) is 1. The number of nitrogen functional groups attached to an aromatic ring is 1. The van der Waals surface area contributed by atoms with Crippen molar-refractivity contribution >= 4 is 21.6 Å². The second-order valence-electron chi connectivity index (χ2n) is 3.67. The molecular weight excluding hydrogens is 325 g/mol. The molecule has 0 aliphatic rings. The van der Waals surface area contributed by atoms with Crippen LogP contribution in [-0.4, -0.2) is 4.98 Å². The van der Waals surface area contributed by atoms with Crippen LogP contribution >= 0.6 is 15.9 Å². The smallest absolute Gasteiger partial charge is 0.417 e. The highest BCUT2D eigenvalue weighted by molar-refractivity contribution is 9.10. The van der Waals surface area contributed by atoms with E-state index in [0.29, 0.717) is 17.6 Å². The van der Waals surface area contributed by atoms with Gasteiger partial charge in [0.25, 0.3) is 0 Å². The Labute approximate surface area is 115 Å². The van der Waals surface area contributed by atoms with Gasteiger partial charge in [0, 0.05) is 16.7 Å². The van der Waals surface area contributed by atoms with Gasteiger partial charge in [0.1, 0.15) is 0 Å². The van der Waals surface area contributed by atoms with E-state index in [2.05, 4.69) is 20.9 Å². The number of hydrogen-bond acceptors (Lipinski definition) is 3. The second kappa shape index (κ2) is 5.08. The number of pyridine rings is 1. The van der Waals surface area contributed by atoms with Gasteiger partial charge in [-0.1, -0.05) is 15.9 Å². The number of aromatic nitrogens is 1. The highest BCUT2D eigenvalue weighted by Gasteiger charge is 2.30. The minimum absolute atomic E-state index is 0.0435. The Morgan fingerprint density at radius 3 is 2.42 bits per heavy atom. The number of benzene rings is 1. The summed E-state index contributed by atoms with van der Waals surface area (Å²) in [5, 5.41) is 0. The molecule has 3 nitrogen and oxygen atoms in total. The van der Waals surface area contributed by atoms with E-state index in [1.165, 1.54) is 0 Å². The fourth-order valence-electron chi connectivity index (χ4n) is 1.33. The Morgan fingerprint density at radius 2 is 1.89 bits per heavy atom. The van der Waals surface area contributed by atoms with Crippen LogP contribution in [0.2, 0.25) is 0 Å². The monoisotopic (exact) mass is 332 g/mol. The number of alkyl halides is 3. The maximum absolute atomic E-state index is 12.3. The topological polar surface area (TPSA) is 48.1 Å². The summed E-state index contributed by atoms with van der Waals surface area (Å²) in [4.78, 5) is 3.59. The van der Waals surface area contributed by atoms with Crippen LogP contribution in [0.4, 0.5) is 18.9 Å². The summed E-state index contributed by atoms with van der Waals surface area (Å²) in [6, 6.07) is 6.97. The van der Waals surface area contributed by atoms with Gasteiger partial charge in [-0.15, -0.1) is 0 Å². The van der Waals surface area contributed by atoms with Gasteiger partial charge in [-0.25, -0.2) is 4.98 Å². The first-order chi connectivity index (χ1) is 8.86. The molecule has 7 heteroatoms. The first-order valence-electron chi connectivity index (χ1n) is 5.12. The van der Waals surface area contributed by atoms with Crippen molar-refractivity contribution in [3.8, 4) is 11.6 Å². The predicted molar refractivity (Wildman–Crippen MR) is 67.9 cm³/mol. The van der Waals surface area contributed by atoms with Crippen LogP contribution in [0.1, 0.15) is 5.56 Å². The molecule has 0 aliphatic carbocycles. The summed E-state index contributed by atoms with van der Waals surface area (Å²) in [5.41, 5.74) is 5.23. The van der Waals surface area contributed by atoms with E-state index < -0.39 is 11.7 Å². The Hall–Kier alpha value is -1.76. The van der Waals surface area contributed by atoms with Crippen molar-refractivity contribution in [1.29, 1.82) is 0 Å². The van der Waals surface area contributed by atoms with E-state index in [1.807, 2.05) is 0 Å². The maximum Gasteiger partial charge on any atom is 0.417 e. The van der Waals surface area contributed by atoms with Gasteiger partial charge in [-0.05, 0) is 24.3 Å². The zero-order valence-corrected chi connectivity index (χ0v) is 11.0. The largest absolute Gasteiger partial charge is 0.437 e. The first-order valence-corrected chi connectivity index (χ1v) is 5.92. The lowest BCUT2D eigenvalue weighted by Gasteiger charge is -2.09. The molecule has 2 aromatic rings. The molecule has 0 amide bonds. The molecule has 0 fully saturated rings. The number of halogens is 4. The van der Waals surface area contributed by atoms with Crippen molar-refractivity contribution < 1.29 is 17.9 Å². The Bertz CT molecular complexity index is 585. The van der Waals surface area contributed by atoms with E-state index in [0.717, 1.165) is 16.6 Å². The quantitative estimate of drug-likeness (QED) is 0.837. The summed E-state index contributed by atoms with van der Waals surface area (Å²) < 4.78 is 43.1. The van der Waals surface area contributed by atoms with Crippen molar-refractivity contribution in [2.45, 2.75) is 6.18 Å². The standard InChI is InChI=1S/C12H8BrF3N2O/c13-8-2-3-10(9(17)5-8)19-11-4-1-7(6-18-11)12(14,15)16/h1-6H,17H2. The Balaban J connectivity index is 2.20. The van der Waals surface area contributed by atoms with Gasteiger partial charge in [0.05, 0.1) is 11.3 Å². The van der Waals surface area contributed by atoms with Crippen molar-refractivity contribution in [1.82, 2.24) is 4.98 Å². The van der Waals surface area contributed by atoms with Crippen molar-refractivity contribution in [2.24, 2.45) is 0 Å². The van der Waals surface area contributed by atoms with Crippen LogP contribution in [0.25, 0.3) is 0 Å². The van der Waals surface area contributed by atoms with E-state index in [4.69, 9.17) is 10.5 Å². The molecule has 0 spiro atoms. The molecule has 0 saturated heterocycles. The number of anilines is 1. The van der Waals surface area contributed by atoms with E-state index >= 15 is 0 Å². The molecule has 0 saturated carbocycles. The zero-order valence-electron chi connectivity index (χ0n) is 9.41. The predicted octanol–water partition coefficient (Wildman–Crippen LogP) is 4.24. The van der Waals surface area contributed by atoms with Gasteiger partial charge < -0.3 is 10.5 Å². The van der Waals surface area contributed by atoms with E-state index in [1.54, 1.807) is 18.2 Å². The van der Waals surface area contributed by atoms with Crippen LogP contribution < -0.4 is 10.5 Å². The molecule has 19 heavy (non-hydrogen) atoms. The van der Waals surface area contributed by atoms with Crippen molar-refractivity contribution in [3.05, 3.63) is 46.6 Å². The molecule has 1 heterocycles. The summed E-state index contributed by atoms with van der Waals surface area (Å²) in [7, 11) is 0. The lowest BCUT2D eigenvalue weighted by molar-refractivity contribution is -0.137. The zero-order chi connectivity index (χ0) is 14.0. The molecule has 2 rings (SSSR count). The van der Waals surface area contributed by atoms with Crippen LogP contribution in [-0.2, 0) is 6.18 Å². The molecule has 0 radical (unpaired) electrons. The fraction of sp³-hybridized carbons (Fsp3) is 0.0833. The normalized spacial score (nSPS) is 11.4. The minimum atomic E-state index is -4.41. The van der Waals surface area contributed by atoms with Crippen LogP contribution in [0.15, 0.2) is 41.0 Å². The number of nitrogens with two attached hydrogens (primary N) is 1. The Kier molecular flexibility index (Phi) is 3.66. The van der Waals surface area contributed by atoms with Crippen LogP contribution in [0.5, 0.6) is 11.6 Å². The molecule has 0 bridgehead atoms. The van der Waals surface area contributed by atoms with Gasteiger partial charge in [-0.2, -0.15) is 13.2 Å². The molecule has 1 aromatic heterocycles. The molecule has 0 aliphatic heterocycles. The summed E-state index contributed by atoms with van der Waals surface area (Å²) in [5.74, 6) is 0.373. The lowest BCUT2D eigenvalue weighted by Crippen LogP contribution is -2.05. The average molecular weight is 333 g/mol. The Morgan fingerprint density at radius 1 is 1.16 bits per heavy atom. The van der Waals surface area contributed by atoms with Crippen molar-refractivity contribution in [3.63, 3.8) is 0 Å². The van der Waals surface area contributed by atoms with Crippen LogP contribution in [0, 0.1) is 0 Å². The van der Waals surface area contributed by atoms with Gasteiger partial charge >= 0.3 is 6.18 Å². The molecule has 0 atom stereocenters. The second-order valence-corrected chi connectivity index (χ2v) is 4.58. The minimum Gasteiger partial charge on any atom is -0.437 e. The third-order valence-corrected chi connectivity index (χ3v) is 2.74. The average Bonchev–Trinajstić information content (AvgIpc) is 2.32. The van der Waals surface area contributed by atoms with Crippen LogP contribution in [0.3, 0.4) is 0 Å². The maximum atomic E-state index is 12.3. The summed E-state index contributed by atoms with van der Waals surface area (Å²) in [6.07, 6.45) is -3.70. The summed E-state index contributed by atoms with van der Waals surface area (Å²) in [6.45, 7) is 0. The summed E-state index contributed by atoms with van der Waals surface area (Å²) >= 11 is 3.24. The van der Waals surface area contributed by atoms with Gasteiger partial charge in [0.15, 0.2) is 5.75 Å². The third kappa shape index (κ3) is 3.37. The molecule has 1 aromatic carbocycles. The van der Waals surface area contributed by atoms with E-state index in [9.17, 15) is 13.2 Å². The SMILES string of the molecule is Nc1cc(Br)ccc1Oc1ccc(C(F)(F)F)cn1.